The van der Waals surface area contributed by atoms with Crippen LogP contribution in [0.15, 0.2) is 136 Å². The fraction of sp³-hybridized carbons (Fsp3) is 0.0732. The van der Waals surface area contributed by atoms with Gasteiger partial charge in [-0.1, -0.05) is 68.4 Å². The Morgan fingerprint density at radius 2 is 1.07 bits per heavy atom. The molecule has 6 aromatic carbocycles. The van der Waals surface area contributed by atoms with Crippen molar-refractivity contribution in [2.24, 2.45) is 0 Å². The molecule has 0 atom stereocenters. The van der Waals surface area contributed by atoms with E-state index in [0.29, 0.717) is 11.8 Å². The Hall–Kier alpha value is -5.94. The molecule has 3 heterocycles. The van der Waals surface area contributed by atoms with E-state index in [4.69, 9.17) is 18.8 Å². The van der Waals surface area contributed by atoms with Crippen molar-refractivity contribution in [1.29, 1.82) is 0 Å². The van der Waals surface area contributed by atoms with Crippen LogP contribution >= 0.6 is 0 Å². The number of fused-ring (bicyclic) bond motifs is 8. The van der Waals surface area contributed by atoms with Crippen molar-refractivity contribution >= 4 is 44.0 Å². The summed E-state index contributed by atoms with van der Waals surface area (Å²) in [7, 11) is 0. The lowest BCUT2D eigenvalue weighted by Crippen LogP contribution is -2.15. The Morgan fingerprint density at radius 3 is 1.67 bits per heavy atom. The number of oxazole rings is 2. The highest BCUT2D eigenvalue weighted by Gasteiger charge is 2.35. The first kappa shape index (κ1) is 25.4. The molecule has 0 saturated carbocycles. The van der Waals surface area contributed by atoms with Crippen molar-refractivity contribution < 1.29 is 8.83 Å². The maximum atomic E-state index is 6.19. The average Bonchev–Trinajstić information content (AvgIpc) is 3.85. The van der Waals surface area contributed by atoms with Gasteiger partial charge in [-0.3, -0.25) is 0 Å². The molecule has 0 saturated heterocycles. The molecule has 46 heavy (non-hydrogen) atoms. The highest BCUT2D eigenvalue weighted by atomic mass is 16.4. The highest BCUT2D eigenvalue weighted by Crippen LogP contribution is 2.49. The largest absolute Gasteiger partial charge is 0.436 e. The van der Waals surface area contributed by atoms with E-state index in [2.05, 4.69) is 97.3 Å². The molecule has 5 heteroatoms. The predicted molar refractivity (Wildman–Crippen MR) is 184 cm³/mol. The molecule has 218 valence electrons. The smallest absolute Gasteiger partial charge is 0.227 e. The summed E-state index contributed by atoms with van der Waals surface area (Å²) in [5, 5.41) is 2.21. The Bertz CT molecular complexity index is 2490. The zero-order chi connectivity index (χ0) is 30.6. The lowest BCUT2D eigenvalue weighted by atomic mass is 9.82. The van der Waals surface area contributed by atoms with Crippen molar-refractivity contribution in [2.45, 2.75) is 19.3 Å². The zero-order valence-electron chi connectivity index (χ0n) is 25.3. The van der Waals surface area contributed by atoms with Crippen LogP contribution in [0.25, 0.3) is 83.7 Å². The maximum Gasteiger partial charge on any atom is 0.227 e. The van der Waals surface area contributed by atoms with Gasteiger partial charge in [0.15, 0.2) is 11.2 Å². The molecular weight excluding hydrogens is 566 g/mol. The van der Waals surface area contributed by atoms with Crippen LogP contribution in [0.1, 0.15) is 25.0 Å². The monoisotopic (exact) mass is 593 g/mol. The van der Waals surface area contributed by atoms with Gasteiger partial charge in [0.05, 0.1) is 11.0 Å². The molecule has 0 bridgehead atoms. The number of hydrogen-bond acceptors (Lipinski definition) is 4. The molecule has 0 radical (unpaired) electrons. The second kappa shape index (κ2) is 9.05. The molecule has 0 aliphatic heterocycles. The van der Waals surface area contributed by atoms with Gasteiger partial charge in [-0.05, 0) is 95.1 Å². The summed E-state index contributed by atoms with van der Waals surface area (Å²) in [4.78, 5) is 9.60. The van der Waals surface area contributed by atoms with Crippen molar-refractivity contribution in [3.63, 3.8) is 0 Å². The van der Waals surface area contributed by atoms with Gasteiger partial charge in [0, 0.05) is 33.0 Å². The molecule has 5 nitrogen and oxygen atoms in total. The van der Waals surface area contributed by atoms with E-state index in [9.17, 15) is 0 Å². The molecular formula is C41H27N3O2. The third kappa shape index (κ3) is 3.51. The van der Waals surface area contributed by atoms with Crippen molar-refractivity contribution in [2.75, 3.05) is 0 Å². The van der Waals surface area contributed by atoms with Crippen molar-refractivity contribution in [3.05, 3.63) is 139 Å². The van der Waals surface area contributed by atoms with Gasteiger partial charge >= 0.3 is 0 Å². The van der Waals surface area contributed by atoms with E-state index in [-0.39, 0.29) is 5.41 Å². The van der Waals surface area contributed by atoms with Gasteiger partial charge < -0.3 is 13.4 Å². The van der Waals surface area contributed by atoms with E-state index >= 15 is 0 Å². The third-order valence-corrected chi connectivity index (χ3v) is 9.67. The summed E-state index contributed by atoms with van der Waals surface area (Å²) in [6, 6.07) is 44.4. The zero-order valence-corrected chi connectivity index (χ0v) is 25.3. The molecule has 1 aliphatic carbocycles. The van der Waals surface area contributed by atoms with Crippen molar-refractivity contribution in [1.82, 2.24) is 14.5 Å². The van der Waals surface area contributed by atoms with Crippen molar-refractivity contribution in [3.8, 4) is 39.7 Å². The molecule has 0 spiro atoms. The minimum Gasteiger partial charge on any atom is -0.436 e. The summed E-state index contributed by atoms with van der Waals surface area (Å²) < 4.78 is 14.8. The minimum absolute atomic E-state index is 0.0963. The summed E-state index contributed by atoms with van der Waals surface area (Å²) >= 11 is 0. The van der Waals surface area contributed by atoms with Gasteiger partial charge in [-0.2, -0.15) is 0 Å². The average molecular weight is 594 g/mol. The first-order valence-corrected chi connectivity index (χ1v) is 15.6. The Balaban J connectivity index is 1.22. The molecule has 0 unspecified atom stereocenters. The lowest BCUT2D eigenvalue weighted by Gasteiger charge is -2.22. The maximum absolute atomic E-state index is 6.19. The molecule has 1 aliphatic rings. The van der Waals surface area contributed by atoms with Gasteiger partial charge in [-0.25, -0.2) is 9.97 Å². The Morgan fingerprint density at radius 1 is 0.522 bits per heavy atom. The van der Waals surface area contributed by atoms with Crippen LogP contribution in [0.5, 0.6) is 0 Å². The van der Waals surface area contributed by atoms with Gasteiger partial charge in [0.2, 0.25) is 11.8 Å². The summed E-state index contributed by atoms with van der Waals surface area (Å²) in [6.45, 7) is 4.65. The number of rotatable bonds is 3. The quantitative estimate of drug-likeness (QED) is 0.204. The molecule has 10 rings (SSSR count). The van der Waals surface area contributed by atoms with Crippen LogP contribution in [0.2, 0.25) is 0 Å². The second-order valence-corrected chi connectivity index (χ2v) is 12.7. The van der Waals surface area contributed by atoms with Crippen LogP contribution in [0, 0.1) is 0 Å². The SMILES string of the molecule is CC1(C)c2ccccc2-c2ccc(-n3c4ccc(-c5nc6ccccc6o5)cc4c4cc(-c5nc6ccccc6o5)ccc43)cc21. The fourth-order valence-electron chi connectivity index (χ4n) is 7.39. The number of hydrogen-bond donors (Lipinski definition) is 0. The minimum atomic E-state index is -0.0963. The normalized spacial score (nSPS) is 13.6. The van der Waals surface area contributed by atoms with E-state index < -0.39 is 0 Å². The van der Waals surface area contributed by atoms with Gasteiger partial charge in [0.1, 0.15) is 11.0 Å². The van der Waals surface area contributed by atoms with Crippen LogP contribution in [-0.4, -0.2) is 14.5 Å². The van der Waals surface area contributed by atoms with Crippen LogP contribution in [0.4, 0.5) is 0 Å². The summed E-state index contributed by atoms with van der Waals surface area (Å²) in [6.07, 6.45) is 0. The molecule has 0 N–H and O–H groups in total. The Kier molecular flexibility index (Phi) is 5.00. The van der Waals surface area contributed by atoms with E-state index in [1.54, 1.807) is 0 Å². The topological polar surface area (TPSA) is 57.0 Å². The molecule has 0 amide bonds. The standard InChI is InChI=1S/C41H27N3O2/c1-41(2)31-10-4-3-9-27(31)28-18-17-26(23-32(28)41)44-35-19-15-24(39-42-33-11-5-7-13-37(33)45-39)21-29(35)30-22-25(16-20-36(30)44)40-43-34-12-6-8-14-38(34)46-40/h3-23H,1-2H3. The number of aromatic nitrogens is 3. The Labute approximate surface area is 264 Å². The van der Waals surface area contributed by atoms with Crippen LogP contribution in [0.3, 0.4) is 0 Å². The van der Waals surface area contributed by atoms with E-state index in [1.807, 2.05) is 48.5 Å². The predicted octanol–water partition coefficient (Wildman–Crippen LogP) is 10.7. The first-order chi connectivity index (χ1) is 22.5. The number of benzene rings is 6. The molecule has 3 aromatic heterocycles. The van der Waals surface area contributed by atoms with E-state index in [1.165, 1.54) is 22.3 Å². The van der Waals surface area contributed by atoms with Gasteiger partial charge in [-0.15, -0.1) is 0 Å². The summed E-state index contributed by atoms with van der Waals surface area (Å²) in [5.41, 5.74) is 13.7. The fourth-order valence-corrected chi connectivity index (χ4v) is 7.39. The molecule has 9 aromatic rings. The van der Waals surface area contributed by atoms with E-state index in [0.717, 1.165) is 60.8 Å². The van der Waals surface area contributed by atoms with Gasteiger partial charge in [0.25, 0.3) is 0 Å². The molecule has 0 fully saturated rings. The van der Waals surface area contributed by atoms with Crippen LogP contribution < -0.4 is 0 Å². The second-order valence-electron chi connectivity index (χ2n) is 12.7. The summed E-state index contributed by atoms with van der Waals surface area (Å²) in [5.74, 6) is 1.22. The highest BCUT2D eigenvalue weighted by molar-refractivity contribution is 6.11. The lowest BCUT2D eigenvalue weighted by molar-refractivity contribution is 0.619. The van der Waals surface area contributed by atoms with Crippen LogP contribution in [-0.2, 0) is 5.41 Å². The first-order valence-electron chi connectivity index (χ1n) is 15.6. The number of para-hydroxylation sites is 4. The third-order valence-electron chi connectivity index (χ3n) is 9.67. The number of nitrogens with zero attached hydrogens (tertiary/aromatic N) is 3.